The Bertz CT molecular complexity index is 308. The number of nitrogens with zero attached hydrogens (tertiary/aromatic N) is 1. The van der Waals surface area contributed by atoms with Crippen LogP contribution in [0.3, 0.4) is 0 Å². The van der Waals surface area contributed by atoms with Gasteiger partial charge in [0.05, 0.1) is 18.2 Å². The van der Waals surface area contributed by atoms with Gasteiger partial charge in [-0.1, -0.05) is 0 Å². The molecular formula is C12H21NO2S. The van der Waals surface area contributed by atoms with E-state index >= 15 is 0 Å². The average molecular weight is 243 g/mol. The first-order valence-corrected chi connectivity index (χ1v) is 6.75. The maximum absolute atomic E-state index is 5.93. The van der Waals surface area contributed by atoms with E-state index in [4.69, 9.17) is 9.57 Å². The zero-order valence-electron chi connectivity index (χ0n) is 10.7. The molecule has 1 fully saturated rings. The maximum Gasteiger partial charge on any atom is 0.116 e. The van der Waals surface area contributed by atoms with Crippen molar-refractivity contribution < 1.29 is 9.57 Å². The van der Waals surface area contributed by atoms with Crippen molar-refractivity contribution in [1.82, 2.24) is 5.06 Å². The fraction of sp³-hybridized carbons (Fsp3) is 0.833. The van der Waals surface area contributed by atoms with E-state index in [2.05, 4.69) is 33.8 Å². The zero-order chi connectivity index (χ0) is 12.0. The molecule has 0 bridgehead atoms. The normalized spacial score (nSPS) is 31.3. The van der Waals surface area contributed by atoms with Crippen molar-refractivity contribution in [3.63, 3.8) is 0 Å². The van der Waals surface area contributed by atoms with E-state index in [-0.39, 0.29) is 11.1 Å². The molecule has 0 saturated carbocycles. The number of hydrogen-bond donors (Lipinski definition) is 0. The number of thioether (sulfide) groups is 1. The molecule has 0 aromatic carbocycles. The third-order valence-electron chi connectivity index (χ3n) is 3.13. The van der Waals surface area contributed by atoms with Gasteiger partial charge in [0.1, 0.15) is 12.4 Å². The molecule has 1 unspecified atom stereocenters. The summed E-state index contributed by atoms with van der Waals surface area (Å²) in [7, 11) is 1.72. The first-order valence-electron chi connectivity index (χ1n) is 5.70. The Morgan fingerprint density at radius 2 is 2.06 bits per heavy atom. The SMILES string of the molecule is CON1C(C)(C)C=C(OCC2CS2)C1(C)C. The second-order valence-electron chi connectivity index (χ2n) is 5.46. The van der Waals surface area contributed by atoms with Crippen LogP contribution in [0.5, 0.6) is 0 Å². The highest BCUT2D eigenvalue weighted by Gasteiger charge is 2.48. The van der Waals surface area contributed by atoms with Gasteiger partial charge >= 0.3 is 0 Å². The van der Waals surface area contributed by atoms with Crippen LogP contribution in [0.1, 0.15) is 27.7 Å². The van der Waals surface area contributed by atoms with Crippen molar-refractivity contribution >= 4 is 11.8 Å². The van der Waals surface area contributed by atoms with E-state index in [1.165, 1.54) is 5.75 Å². The molecule has 3 nitrogen and oxygen atoms in total. The largest absolute Gasteiger partial charge is 0.495 e. The van der Waals surface area contributed by atoms with Crippen LogP contribution in [0.4, 0.5) is 0 Å². The predicted octanol–water partition coefficient (Wildman–Crippen LogP) is 2.44. The number of hydroxylamine groups is 2. The zero-order valence-corrected chi connectivity index (χ0v) is 11.6. The Kier molecular flexibility index (Phi) is 3.01. The highest BCUT2D eigenvalue weighted by atomic mass is 32.2. The third-order valence-corrected chi connectivity index (χ3v) is 4.07. The van der Waals surface area contributed by atoms with Gasteiger partial charge in [0.15, 0.2) is 0 Å². The van der Waals surface area contributed by atoms with Crippen molar-refractivity contribution in [2.24, 2.45) is 0 Å². The minimum Gasteiger partial charge on any atom is -0.495 e. The van der Waals surface area contributed by atoms with Crippen molar-refractivity contribution in [1.29, 1.82) is 0 Å². The molecule has 0 amide bonds. The van der Waals surface area contributed by atoms with Crippen LogP contribution in [0, 0.1) is 0 Å². The monoisotopic (exact) mass is 243 g/mol. The van der Waals surface area contributed by atoms with Gasteiger partial charge in [-0.2, -0.15) is 16.8 Å². The summed E-state index contributed by atoms with van der Waals surface area (Å²) in [6.45, 7) is 9.38. The van der Waals surface area contributed by atoms with E-state index in [1.54, 1.807) is 7.11 Å². The second kappa shape index (κ2) is 3.93. The van der Waals surface area contributed by atoms with Crippen molar-refractivity contribution in [3.8, 4) is 0 Å². The van der Waals surface area contributed by atoms with Gasteiger partial charge in [-0.05, 0) is 33.8 Å². The molecule has 2 heterocycles. The fourth-order valence-electron chi connectivity index (χ4n) is 2.41. The van der Waals surface area contributed by atoms with Crippen molar-refractivity contribution in [3.05, 3.63) is 11.8 Å². The first-order chi connectivity index (χ1) is 7.38. The highest BCUT2D eigenvalue weighted by Crippen LogP contribution is 2.41. The van der Waals surface area contributed by atoms with Crippen LogP contribution in [0.25, 0.3) is 0 Å². The molecule has 16 heavy (non-hydrogen) atoms. The van der Waals surface area contributed by atoms with Crippen LogP contribution >= 0.6 is 11.8 Å². The third kappa shape index (κ3) is 2.11. The first kappa shape index (κ1) is 12.3. The molecule has 0 spiro atoms. The van der Waals surface area contributed by atoms with Crippen LogP contribution in [-0.2, 0) is 9.57 Å². The van der Waals surface area contributed by atoms with E-state index in [0.717, 1.165) is 12.4 Å². The average Bonchev–Trinajstić information content (AvgIpc) is 2.92. The molecule has 0 N–H and O–H groups in total. The lowest BCUT2D eigenvalue weighted by molar-refractivity contribution is -0.219. The molecule has 92 valence electrons. The maximum atomic E-state index is 5.93. The summed E-state index contributed by atoms with van der Waals surface area (Å²) >= 11 is 1.96. The van der Waals surface area contributed by atoms with Gasteiger partial charge in [0.25, 0.3) is 0 Å². The van der Waals surface area contributed by atoms with E-state index < -0.39 is 0 Å². The topological polar surface area (TPSA) is 21.7 Å². The minimum absolute atomic E-state index is 0.107. The molecule has 0 aromatic rings. The van der Waals surface area contributed by atoms with Gasteiger partial charge in [-0.15, -0.1) is 0 Å². The van der Waals surface area contributed by atoms with Gasteiger partial charge in [-0.25, -0.2) is 0 Å². The highest BCUT2D eigenvalue weighted by molar-refractivity contribution is 8.06. The van der Waals surface area contributed by atoms with Gasteiger partial charge < -0.3 is 9.57 Å². The van der Waals surface area contributed by atoms with E-state index in [1.807, 2.05) is 16.8 Å². The molecule has 2 aliphatic heterocycles. The molecule has 4 heteroatoms. The quantitative estimate of drug-likeness (QED) is 0.707. The molecular weight excluding hydrogens is 222 g/mol. The minimum atomic E-state index is -0.183. The molecule has 0 aliphatic carbocycles. The Morgan fingerprint density at radius 3 is 2.50 bits per heavy atom. The van der Waals surface area contributed by atoms with Crippen LogP contribution in [0.15, 0.2) is 11.8 Å². The fourth-order valence-corrected chi connectivity index (χ4v) is 2.80. The molecule has 2 aliphatic rings. The van der Waals surface area contributed by atoms with Gasteiger partial charge in [-0.3, -0.25) is 0 Å². The van der Waals surface area contributed by atoms with Gasteiger partial charge in [0.2, 0.25) is 0 Å². The Labute approximate surface area is 102 Å². The predicted molar refractivity (Wildman–Crippen MR) is 67.3 cm³/mol. The second-order valence-corrected chi connectivity index (χ2v) is 6.80. The summed E-state index contributed by atoms with van der Waals surface area (Å²) in [5.41, 5.74) is -0.290. The van der Waals surface area contributed by atoms with Crippen molar-refractivity contribution in [2.75, 3.05) is 19.5 Å². The molecule has 1 atom stereocenters. The van der Waals surface area contributed by atoms with Crippen LogP contribution in [0.2, 0.25) is 0 Å². The lowest BCUT2D eigenvalue weighted by Gasteiger charge is -2.38. The van der Waals surface area contributed by atoms with Crippen LogP contribution in [-0.4, -0.2) is 40.9 Å². The van der Waals surface area contributed by atoms with E-state index in [0.29, 0.717) is 5.25 Å². The summed E-state index contributed by atoms with van der Waals surface area (Å²) in [4.78, 5) is 5.49. The number of rotatable bonds is 4. The summed E-state index contributed by atoms with van der Waals surface area (Å²) < 4.78 is 5.93. The summed E-state index contributed by atoms with van der Waals surface area (Å²) in [6, 6.07) is 0. The van der Waals surface area contributed by atoms with Crippen molar-refractivity contribution in [2.45, 2.75) is 44.0 Å². The summed E-state index contributed by atoms with van der Waals surface area (Å²) in [6.07, 6.45) is 2.17. The molecule has 2 rings (SSSR count). The summed E-state index contributed by atoms with van der Waals surface area (Å²) in [5, 5.41) is 2.70. The summed E-state index contributed by atoms with van der Waals surface area (Å²) in [5.74, 6) is 2.28. The Balaban J connectivity index is 2.10. The van der Waals surface area contributed by atoms with Gasteiger partial charge in [0, 0.05) is 11.0 Å². The number of ether oxygens (including phenoxy) is 1. The standard InChI is InChI=1S/C12H21NO2S/c1-11(2)6-10(15-7-9-8-16-9)12(3,4)13(11)14-5/h6,9H,7-8H2,1-5H3. The molecule has 0 aromatic heterocycles. The molecule has 0 radical (unpaired) electrons. The van der Waals surface area contributed by atoms with E-state index in [9.17, 15) is 0 Å². The number of hydrogen-bond acceptors (Lipinski definition) is 4. The Morgan fingerprint density at radius 1 is 1.44 bits per heavy atom. The lowest BCUT2D eigenvalue weighted by Crippen LogP contribution is -2.49. The van der Waals surface area contributed by atoms with Crippen LogP contribution < -0.4 is 0 Å². The lowest BCUT2D eigenvalue weighted by atomic mass is 10.1. The Hall–Kier alpha value is -0.190. The smallest absolute Gasteiger partial charge is 0.116 e. The molecule has 1 saturated heterocycles.